The van der Waals surface area contributed by atoms with E-state index in [1.54, 1.807) is 14.2 Å². The molecule has 2 aliphatic heterocycles. The zero-order chi connectivity index (χ0) is 18.6. The van der Waals surface area contributed by atoms with Gasteiger partial charge in [0.1, 0.15) is 11.5 Å². The fourth-order valence-electron chi connectivity index (χ4n) is 3.63. The molecule has 1 atom stereocenters. The minimum atomic E-state index is 0.158. The van der Waals surface area contributed by atoms with Gasteiger partial charge >= 0.3 is 0 Å². The Bertz CT molecular complexity index is 794. The van der Waals surface area contributed by atoms with Gasteiger partial charge in [-0.2, -0.15) is 0 Å². The molecule has 2 aliphatic rings. The summed E-state index contributed by atoms with van der Waals surface area (Å²) in [6.45, 7) is 3.54. The van der Waals surface area contributed by atoms with Crippen LogP contribution >= 0.6 is 0 Å². The molecule has 2 aromatic rings. The van der Waals surface area contributed by atoms with E-state index in [9.17, 15) is 0 Å². The van der Waals surface area contributed by atoms with Crippen LogP contribution in [0, 0.1) is 0 Å². The molecule has 0 saturated carbocycles. The summed E-state index contributed by atoms with van der Waals surface area (Å²) in [5.41, 5.74) is 2.32. The molecule has 1 fully saturated rings. The van der Waals surface area contributed by atoms with Crippen LogP contribution in [0.1, 0.15) is 11.1 Å². The van der Waals surface area contributed by atoms with E-state index in [1.807, 2.05) is 24.3 Å². The summed E-state index contributed by atoms with van der Waals surface area (Å²) in [5, 5.41) is 0. The maximum atomic E-state index is 6.00. The summed E-state index contributed by atoms with van der Waals surface area (Å²) < 4.78 is 27.8. The first-order valence-electron chi connectivity index (χ1n) is 9.18. The number of hydrogen-bond acceptors (Lipinski definition) is 6. The fourth-order valence-corrected chi connectivity index (χ4v) is 3.63. The lowest BCUT2D eigenvalue weighted by Gasteiger charge is -2.33. The first-order valence-corrected chi connectivity index (χ1v) is 9.18. The van der Waals surface area contributed by atoms with E-state index in [4.69, 9.17) is 23.7 Å². The first-order chi connectivity index (χ1) is 13.2. The number of benzene rings is 2. The Morgan fingerprint density at radius 2 is 1.93 bits per heavy atom. The van der Waals surface area contributed by atoms with Crippen molar-refractivity contribution in [2.75, 3.05) is 40.7 Å². The minimum Gasteiger partial charge on any atom is -0.497 e. The predicted molar refractivity (Wildman–Crippen MR) is 101 cm³/mol. The number of methoxy groups -OCH3 is 2. The Morgan fingerprint density at radius 3 is 2.74 bits per heavy atom. The van der Waals surface area contributed by atoms with Crippen molar-refractivity contribution >= 4 is 0 Å². The van der Waals surface area contributed by atoms with Gasteiger partial charge in [-0.15, -0.1) is 0 Å². The molecule has 1 saturated heterocycles. The summed E-state index contributed by atoms with van der Waals surface area (Å²) in [4.78, 5) is 2.40. The Balaban J connectivity index is 1.43. The normalized spacial score (nSPS) is 19.1. The monoisotopic (exact) mass is 371 g/mol. The van der Waals surface area contributed by atoms with E-state index in [2.05, 4.69) is 17.0 Å². The number of morpholine rings is 1. The zero-order valence-corrected chi connectivity index (χ0v) is 15.8. The molecule has 1 unspecified atom stereocenters. The molecule has 2 aromatic carbocycles. The van der Waals surface area contributed by atoms with E-state index in [1.165, 1.54) is 5.56 Å². The second-order valence-electron chi connectivity index (χ2n) is 6.80. The Kier molecular flexibility index (Phi) is 5.36. The summed E-state index contributed by atoms with van der Waals surface area (Å²) in [6, 6.07) is 12.1. The van der Waals surface area contributed by atoms with E-state index in [0.29, 0.717) is 0 Å². The topological polar surface area (TPSA) is 49.4 Å². The van der Waals surface area contributed by atoms with E-state index in [-0.39, 0.29) is 12.9 Å². The highest BCUT2D eigenvalue weighted by Crippen LogP contribution is 2.38. The van der Waals surface area contributed by atoms with Crippen molar-refractivity contribution in [3.05, 3.63) is 47.5 Å². The highest BCUT2D eigenvalue weighted by atomic mass is 16.7. The molecule has 144 valence electrons. The van der Waals surface area contributed by atoms with Crippen LogP contribution in [0.15, 0.2) is 36.4 Å². The first kappa shape index (κ1) is 17.9. The molecular formula is C21H25NO5. The molecule has 0 aromatic heterocycles. The lowest BCUT2D eigenvalue weighted by molar-refractivity contribution is -0.0306. The third-order valence-corrected chi connectivity index (χ3v) is 4.99. The van der Waals surface area contributed by atoms with E-state index < -0.39 is 0 Å². The smallest absolute Gasteiger partial charge is 0.231 e. The van der Waals surface area contributed by atoms with Crippen molar-refractivity contribution in [1.29, 1.82) is 0 Å². The number of rotatable bonds is 6. The van der Waals surface area contributed by atoms with Gasteiger partial charge < -0.3 is 23.7 Å². The van der Waals surface area contributed by atoms with Gasteiger partial charge in [-0.1, -0.05) is 12.1 Å². The number of ether oxygens (including phenoxy) is 5. The maximum Gasteiger partial charge on any atom is 0.231 e. The average Bonchev–Trinajstić information content (AvgIpc) is 3.15. The van der Waals surface area contributed by atoms with Crippen LogP contribution in [0.5, 0.6) is 23.0 Å². The molecule has 6 heteroatoms. The van der Waals surface area contributed by atoms with Gasteiger partial charge in [-0.05, 0) is 23.8 Å². The van der Waals surface area contributed by atoms with Crippen molar-refractivity contribution in [3.63, 3.8) is 0 Å². The molecule has 4 rings (SSSR count). The number of fused-ring (bicyclic) bond motifs is 1. The Labute approximate surface area is 159 Å². The van der Waals surface area contributed by atoms with Gasteiger partial charge in [0.25, 0.3) is 0 Å². The number of hydrogen-bond donors (Lipinski definition) is 0. The fraction of sp³-hybridized carbons (Fsp3) is 0.429. The second kappa shape index (κ2) is 8.06. The molecule has 0 radical (unpaired) electrons. The molecule has 0 N–H and O–H groups in total. The van der Waals surface area contributed by atoms with Crippen LogP contribution in [-0.4, -0.2) is 51.7 Å². The summed E-state index contributed by atoms with van der Waals surface area (Å²) in [5.74, 6) is 3.24. The SMILES string of the molecule is COc1cccc(CC2CN(Cc3cc4c(cc3OC)OCO4)CCO2)c1. The van der Waals surface area contributed by atoms with Gasteiger partial charge in [-0.3, -0.25) is 4.90 Å². The molecular weight excluding hydrogens is 346 g/mol. The van der Waals surface area contributed by atoms with Gasteiger partial charge in [0.2, 0.25) is 6.79 Å². The molecule has 2 heterocycles. The summed E-state index contributed by atoms with van der Waals surface area (Å²) in [7, 11) is 3.38. The van der Waals surface area contributed by atoms with Crippen LogP contribution in [0.2, 0.25) is 0 Å². The largest absolute Gasteiger partial charge is 0.497 e. The molecule has 0 spiro atoms. The van der Waals surface area contributed by atoms with E-state index in [0.717, 1.165) is 61.2 Å². The lowest BCUT2D eigenvalue weighted by atomic mass is 10.1. The molecule has 0 bridgehead atoms. The quantitative estimate of drug-likeness (QED) is 0.778. The third kappa shape index (κ3) is 4.12. The minimum absolute atomic E-state index is 0.158. The van der Waals surface area contributed by atoms with Gasteiger partial charge in [0.05, 0.1) is 26.9 Å². The van der Waals surface area contributed by atoms with Crippen molar-refractivity contribution in [3.8, 4) is 23.0 Å². The van der Waals surface area contributed by atoms with Crippen LogP contribution in [0.4, 0.5) is 0 Å². The molecule has 0 aliphatic carbocycles. The van der Waals surface area contributed by atoms with Crippen LogP contribution < -0.4 is 18.9 Å². The highest BCUT2D eigenvalue weighted by molar-refractivity contribution is 5.51. The van der Waals surface area contributed by atoms with Crippen LogP contribution in [0.25, 0.3) is 0 Å². The zero-order valence-electron chi connectivity index (χ0n) is 15.8. The van der Waals surface area contributed by atoms with E-state index >= 15 is 0 Å². The lowest BCUT2D eigenvalue weighted by Crippen LogP contribution is -2.42. The average molecular weight is 371 g/mol. The van der Waals surface area contributed by atoms with Crippen molar-refractivity contribution < 1.29 is 23.7 Å². The van der Waals surface area contributed by atoms with Gasteiger partial charge in [0, 0.05) is 37.7 Å². The molecule has 6 nitrogen and oxygen atoms in total. The Hall–Kier alpha value is -2.44. The van der Waals surface area contributed by atoms with Gasteiger partial charge in [0.15, 0.2) is 11.5 Å². The Morgan fingerprint density at radius 1 is 1.07 bits per heavy atom. The third-order valence-electron chi connectivity index (χ3n) is 4.99. The van der Waals surface area contributed by atoms with Crippen LogP contribution in [0.3, 0.4) is 0 Å². The van der Waals surface area contributed by atoms with Crippen molar-refractivity contribution in [1.82, 2.24) is 4.90 Å². The molecule has 0 amide bonds. The van der Waals surface area contributed by atoms with Crippen molar-refractivity contribution in [2.24, 2.45) is 0 Å². The summed E-state index contributed by atoms with van der Waals surface area (Å²) >= 11 is 0. The predicted octanol–water partition coefficient (Wildman–Crippen LogP) is 2.88. The van der Waals surface area contributed by atoms with Crippen molar-refractivity contribution in [2.45, 2.75) is 19.1 Å². The standard InChI is InChI=1S/C21H25NO5/c1-23-17-5-3-4-15(8-17)9-18-13-22(6-7-25-18)12-16-10-20-21(27-14-26-20)11-19(16)24-2/h3-5,8,10-11,18H,6-7,9,12-14H2,1-2H3. The second-order valence-corrected chi connectivity index (χ2v) is 6.80. The van der Waals surface area contributed by atoms with Crippen LogP contribution in [-0.2, 0) is 17.7 Å². The highest BCUT2D eigenvalue weighted by Gasteiger charge is 2.24. The maximum absolute atomic E-state index is 6.00. The molecule has 27 heavy (non-hydrogen) atoms. The van der Waals surface area contributed by atoms with Gasteiger partial charge in [-0.25, -0.2) is 0 Å². The summed E-state index contributed by atoms with van der Waals surface area (Å²) in [6.07, 6.45) is 1.03. The number of nitrogens with zero attached hydrogens (tertiary/aromatic N) is 1.